The highest BCUT2D eigenvalue weighted by Crippen LogP contribution is 2.41. The molecule has 12 heteroatoms. The summed E-state index contributed by atoms with van der Waals surface area (Å²) in [4.78, 5) is -1.21. The van der Waals surface area contributed by atoms with Crippen LogP contribution in [0.15, 0.2) is 35.2 Å². The fraction of sp³-hybridized carbons (Fsp3) is 0.400. The van der Waals surface area contributed by atoms with E-state index in [0.29, 0.717) is 11.9 Å². The standard InChI is InChI=1S/C10H11Cl4NO4S3/c11-9(12)10(13,14)20-15-22(18,19)7-6-21(16,17)8-4-2-1-3-5-8/h1-5,9,15H,6-7H2. The molecule has 5 nitrogen and oxygen atoms in total. The van der Waals surface area contributed by atoms with E-state index in [0.717, 1.165) is 0 Å². The molecule has 0 aliphatic heterocycles. The number of sulfone groups is 1. The van der Waals surface area contributed by atoms with Gasteiger partial charge in [-0.2, -0.15) is 4.13 Å². The highest BCUT2D eigenvalue weighted by atomic mass is 35.5. The predicted octanol–water partition coefficient (Wildman–Crippen LogP) is 2.96. The molecular formula is C10H11Cl4NO4S3. The first kappa shape index (κ1) is 20.6. The lowest BCUT2D eigenvalue weighted by Gasteiger charge is -2.19. The molecule has 0 saturated carbocycles. The molecule has 0 atom stereocenters. The van der Waals surface area contributed by atoms with Gasteiger partial charge in [0.25, 0.3) is 0 Å². The Morgan fingerprint density at radius 3 is 2.09 bits per heavy atom. The molecule has 0 unspecified atom stereocenters. The van der Waals surface area contributed by atoms with Crippen molar-refractivity contribution in [3.05, 3.63) is 30.3 Å². The summed E-state index contributed by atoms with van der Waals surface area (Å²) in [6.07, 6.45) is 0. The van der Waals surface area contributed by atoms with E-state index >= 15 is 0 Å². The van der Waals surface area contributed by atoms with E-state index in [4.69, 9.17) is 46.4 Å². The van der Waals surface area contributed by atoms with Gasteiger partial charge in [-0.1, -0.05) is 41.4 Å². The van der Waals surface area contributed by atoms with E-state index in [1.807, 2.05) is 4.13 Å². The van der Waals surface area contributed by atoms with Crippen molar-refractivity contribution in [2.75, 3.05) is 11.5 Å². The second kappa shape index (κ2) is 8.11. The second-order valence-corrected chi connectivity index (χ2v) is 12.2. The highest BCUT2D eigenvalue weighted by molar-refractivity contribution is 8.11. The van der Waals surface area contributed by atoms with Gasteiger partial charge < -0.3 is 0 Å². The molecule has 0 radical (unpaired) electrons. The van der Waals surface area contributed by atoms with Crippen molar-refractivity contribution >= 4 is 78.2 Å². The molecule has 0 aliphatic carbocycles. The van der Waals surface area contributed by atoms with E-state index < -0.39 is 39.9 Å². The first-order valence-corrected chi connectivity index (χ1v) is 11.3. The summed E-state index contributed by atoms with van der Waals surface area (Å²) in [5.74, 6) is -1.24. The molecule has 0 amide bonds. The zero-order chi connectivity index (χ0) is 17.0. The summed E-state index contributed by atoms with van der Waals surface area (Å²) >= 11 is 22.7. The Hall–Kier alpha value is 0.590. The van der Waals surface area contributed by atoms with E-state index in [9.17, 15) is 16.8 Å². The summed E-state index contributed by atoms with van der Waals surface area (Å²) < 4.78 is 47.7. The number of hydrogen-bond acceptors (Lipinski definition) is 5. The summed E-state index contributed by atoms with van der Waals surface area (Å²) in [7, 11) is -7.65. The third-order valence-electron chi connectivity index (χ3n) is 2.28. The van der Waals surface area contributed by atoms with Crippen LogP contribution < -0.4 is 4.13 Å². The van der Waals surface area contributed by atoms with Gasteiger partial charge >= 0.3 is 0 Å². The molecule has 0 fully saturated rings. The molecule has 22 heavy (non-hydrogen) atoms. The maximum absolute atomic E-state index is 12.0. The van der Waals surface area contributed by atoms with Crippen molar-refractivity contribution in [1.82, 2.24) is 4.13 Å². The Morgan fingerprint density at radius 1 is 1.05 bits per heavy atom. The monoisotopic (exact) mass is 445 g/mol. The van der Waals surface area contributed by atoms with Gasteiger partial charge in [0.1, 0.15) is 0 Å². The quantitative estimate of drug-likeness (QED) is 0.490. The molecule has 0 aromatic heterocycles. The summed E-state index contributed by atoms with van der Waals surface area (Å²) in [6, 6.07) is 7.53. The minimum Gasteiger partial charge on any atom is -0.224 e. The van der Waals surface area contributed by atoms with Crippen molar-refractivity contribution in [3.8, 4) is 0 Å². The number of halogens is 4. The maximum Gasteiger partial charge on any atom is 0.221 e. The molecule has 1 rings (SSSR count). The Kier molecular flexibility index (Phi) is 7.61. The number of benzene rings is 1. The first-order valence-electron chi connectivity index (χ1n) is 5.57. The van der Waals surface area contributed by atoms with E-state index in [1.54, 1.807) is 18.2 Å². The topological polar surface area (TPSA) is 80.3 Å². The van der Waals surface area contributed by atoms with E-state index in [1.165, 1.54) is 12.1 Å². The SMILES string of the molecule is O=S(=O)(CCS(=O)(=O)c1ccccc1)NSC(Cl)(Cl)C(Cl)Cl. The molecule has 0 aliphatic rings. The lowest BCUT2D eigenvalue weighted by Crippen LogP contribution is -2.30. The highest BCUT2D eigenvalue weighted by Gasteiger charge is 2.35. The maximum atomic E-state index is 12.0. The minimum absolute atomic E-state index is 0.0449. The van der Waals surface area contributed by atoms with Crippen molar-refractivity contribution in [1.29, 1.82) is 0 Å². The van der Waals surface area contributed by atoms with Gasteiger partial charge in [-0.05, 0) is 24.1 Å². The van der Waals surface area contributed by atoms with Gasteiger partial charge in [-0.25, -0.2) is 16.8 Å². The predicted molar refractivity (Wildman–Crippen MR) is 92.9 cm³/mol. The number of hydrogen-bond donors (Lipinski definition) is 1. The van der Waals surface area contributed by atoms with Gasteiger partial charge in [0, 0.05) is 0 Å². The van der Waals surface area contributed by atoms with Crippen LogP contribution in [0, 0.1) is 0 Å². The zero-order valence-corrected chi connectivity index (χ0v) is 16.2. The van der Waals surface area contributed by atoms with Crippen molar-refractivity contribution in [2.45, 2.75) is 13.4 Å². The molecular weight excluding hydrogens is 436 g/mol. The molecule has 0 saturated heterocycles. The lowest BCUT2D eigenvalue weighted by molar-refractivity contribution is 0.586. The van der Waals surface area contributed by atoms with Crippen LogP contribution >= 0.6 is 58.4 Å². The van der Waals surface area contributed by atoms with Gasteiger partial charge in [0.15, 0.2) is 14.7 Å². The zero-order valence-electron chi connectivity index (χ0n) is 10.7. The molecule has 126 valence electrons. The van der Waals surface area contributed by atoms with Crippen LogP contribution in [0.25, 0.3) is 0 Å². The first-order chi connectivity index (χ1) is 9.96. The van der Waals surface area contributed by atoms with Gasteiger partial charge in [0.05, 0.1) is 16.4 Å². The Bertz CT molecular complexity index is 692. The summed E-state index contributed by atoms with van der Waals surface area (Å²) in [6.45, 7) is 0. The fourth-order valence-corrected chi connectivity index (χ4v) is 5.94. The van der Waals surface area contributed by atoms with Crippen LogP contribution in [0.1, 0.15) is 0 Å². The number of sulfonamides is 1. The lowest BCUT2D eigenvalue weighted by atomic mass is 10.4. The molecule has 0 bridgehead atoms. The Balaban J connectivity index is 2.67. The summed E-state index contributed by atoms with van der Waals surface area (Å²) in [5.41, 5.74) is 0. The number of alkyl halides is 4. The smallest absolute Gasteiger partial charge is 0.221 e. The van der Waals surface area contributed by atoms with Crippen LogP contribution in [0.4, 0.5) is 0 Å². The average molecular weight is 447 g/mol. The second-order valence-electron chi connectivity index (χ2n) is 4.00. The molecule has 1 aromatic carbocycles. The normalized spacial score (nSPS) is 13.5. The summed E-state index contributed by atoms with van der Waals surface area (Å²) in [5, 5.41) is 0. The van der Waals surface area contributed by atoms with Crippen molar-refractivity contribution < 1.29 is 16.8 Å². The fourth-order valence-electron chi connectivity index (χ4n) is 1.17. The average Bonchev–Trinajstić information content (AvgIpc) is 2.44. The van der Waals surface area contributed by atoms with Crippen LogP contribution in [0.5, 0.6) is 0 Å². The molecule has 0 spiro atoms. The molecule has 0 heterocycles. The van der Waals surface area contributed by atoms with Crippen LogP contribution in [-0.4, -0.2) is 36.8 Å². The third kappa shape index (κ3) is 6.60. The van der Waals surface area contributed by atoms with Gasteiger partial charge in [-0.3, -0.25) is 0 Å². The Labute approximate surface area is 153 Å². The number of nitrogens with one attached hydrogen (secondary N) is 1. The molecule has 1 N–H and O–H groups in total. The van der Waals surface area contributed by atoms with Gasteiger partial charge in [-0.15, -0.1) is 23.2 Å². The Morgan fingerprint density at radius 2 is 1.59 bits per heavy atom. The van der Waals surface area contributed by atoms with E-state index in [-0.39, 0.29) is 4.90 Å². The number of rotatable bonds is 8. The largest absolute Gasteiger partial charge is 0.224 e. The third-order valence-corrected chi connectivity index (χ3v) is 9.13. The van der Waals surface area contributed by atoms with Crippen molar-refractivity contribution in [3.63, 3.8) is 0 Å². The van der Waals surface area contributed by atoms with Crippen LogP contribution in [0.2, 0.25) is 0 Å². The van der Waals surface area contributed by atoms with E-state index in [2.05, 4.69) is 0 Å². The van der Waals surface area contributed by atoms with Crippen molar-refractivity contribution in [2.24, 2.45) is 0 Å². The van der Waals surface area contributed by atoms with Gasteiger partial charge in [0.2, 0.25) is 13.7 Å². The van der Waals surface area contributed by atoms with Crippen LogP contribution in [0.3, 0.4) is 0 Å². The minimum atomic E-state index is -3.94. The van der Waals surface area contributed by atoms with Crippen LogP contribution in [-0.2, 0) is 19.9 Å². The molecule has 1 aromatic rings.